The van der Waals surface area contributed by atoms with Crippen molar-refractivity contribution in [3.05, 3.63) is 81.9 Å². The number of benzene rings is 2. The Morgan fingerprint density at radius 2 is 1.80 bits per heavy atom. The Bertz CT molecular complexity index is 1130. The van der Waals surface area contributed by atoms with E-state index in [0.29, 0.717) is 29.7 Å². The molecule has 0 spiro atoms. The Morgan fingerprint density at radius 3 is 2.57 bits per heavy atom. The van der Waals surface area contributed by atoms with Gasteiger partial charge in [0, 0.05) is 54.9 Å². The summed E-state index contributed by atoms with van der Waals surface area (Å²) >= 11 is 0. The molecule has 1 saturated heterocycles. The van der Waals surface area contributed by atoms with E-state index in [1.54, 1.807) is 23.1 Å². The predicted molar refractivity (Wildman–Crippen MR) is 103 cm³/mol. The van der Waals surface area contributed by atoms with E-state index in [2.05, 4.69) is 9.97 Å². The summed E-state index contributed by atoms with van der Waals surface area (Å²) in [6.07, 6.45) is 1.32. The van der Waals surface area contributed by atoms with Crippen molar-refractivity contribution in [2.75, 3.05) is 18.0 Å². The average Bonchev–Trinajstić information content (AvgIpc) is 3.12. The number of nitro benzene ring substituents is 1. The lowest BCUT2D eigenvalue weighted by molar-refractivity contribution is -0.384. The van der Waals surface area contributed by atoms with Crippen LogP contribution >= 0.6 is 0 Å². The molecule has 30 heavy (non-hydrogen) atoms. The van der Waals surface area contributed by atoms with Crippen LogP contribution in [0.25, 0.3) is 11.3 Å². The van der Waals surface area contributed by atoms with Gasteiger partial charge in [-0.15, -0.1) is 0 Å². The molecule has 2 atom stereocenters. The summed E-state index contributed by atoms with van der Waals surface area (Å²) in [5.41, 5.74) is 7.11. The van der Waals surface area contributed by atoms with Crippen LogP contribution in [0.1, 0.15) is 11.5 Å². The van der Waals surface area contributed by atoms with E-state index in [4.69, 9.17) is 5.73 Å². The van der Waals surface area contributed by atoms with E-state index in [-0.39, 0.29) is 17.8 Å². The monoisotopic (exact) mass is 415 g/mol. The largest absolute Gasteiger partial charge is 0.354 e. The molecule has 154 valence electrons. The van der Waals surface area contributed by atoms with E-state index in [1.165, 1.54) is 18.5 Å². The van der Waals surface area contributed by atoms with Gasteiger partial charge in [-0.05, 0) is 11.6 Å². The Kier molecular flexibility index (Phi) is 5.08. The molecule has 7 nitrogen and oxygen atoms in total. The number of nitro groups is 1. The average molecular weight is 415 g/mol. The van der Waals surface area contributed by atoms with Crippen molar-refractivity contribution in [1.82, 2.24) is 9.97 Å². The molecule has 10 heteroatoms. The van der Waals surface area contributed by atoms with Gasteiger partial charge in [0.05, 0.1) is 10.6 Å². The third-order valence-corrected chi connectivity index (χ3v) is 5.13. The fourth-order valence-electron chi connectivity index (χ4n) is 3.62. The maximum Gasteiger partial charge on any atom is 0.270 e. The molecule has 0 bridgehead atoms. The van der Waals surface area contributed by atoms with Crippen LogP contribution in [-0.4, -0.2) is 34.0 Å². The molecule has 0 aliphatic carbocycles. The second kappa shape index (κ2) is 7.71. The first kappa shape index (κ1) is 19.8. The maximum absolute atomic E-state index is 14.2. The molecule has 1 aromatic heterocycles. The molecule has 2 N–H and O–H groups in total. The number of aromatic nitrogens is 2. The first-order chi connectivity index (χ1) is 14.3. The summed E-state index contributed by atoms with van der Waals surface area (Å²) in [5, 5.41) is 11.0. The standard InChI is InChI=1S/C20H16F3N5O2/c21-15-6-17(23)16(22)5-13(15)14-8-27(9-18(14)24)20-7-19(25-10-26-20)11-2-1-3-12(4-11)28(29)30/h1-7,10,14,18H,8-9,24H2/t14-,18+/m1/s1. The zero-order valence-corrected chi connectivity index (χ0v) is 15.5. The van der Waals surface area contributed by atoms with Gasteiger partial charge in [-0.25, -0.2) is 23.1 Å². The van der Waals surface area contributed by atoms with E-state index in [1.807, 2.05) is 0 Å². The molecule has 1 fully saturated rings. The topological polar surface area (TPSA) is 98.2 Å². The third-order valence-electron chi connectivity index (χ3n) is 5.13. The fraction of sp³-hybridized carbons (Fsp3) is 0.200. The number of hydrogen-bond acceptors (Lipinski definition) is 6. The van der Waals surface area contributed by atoms with Crippen molar-refractivity contribution in [2.45, 2.75) is 12.0 Å². The second-order valence-electron chi connectivity index (χ2n) is 7.03. The quantitative estimate of drug-likeness (QED) is 0.398. The van der Waals surface area contributed by atoms with Gasteiger partial charge in [0.2, 0.25) is 0 Å². The minimum absolute atomic E-state index is 0.0110. The normalized spacial score (nSPS) is 18.6. The molecule has 0 unspecified atom stereocenters. The fourth-order valence-corrected chi connectivity index (χ4v) is 3.62. The van der Waals surface area contributed by atoms with Gasteiger partial charge in [-0.1, -0.05) is 12.1 Å². The molecule has 4 rings (SSSR count). The number of halogens is 3. The second-order valence-corrected chi connectivity index (χ2v) is 7.03. The first-order valence-corrected chi connectivity index (χ1v) is 9.05. The van der Waals surface area contributed by atoms with Crippen LogP contribution < -0.4 is 10.6 Å². The molecule has 3 aromatic rings. The van der Waals surface area contributed by atoms with Gasteiger partial charge >= 0.3 is 0 Å². The number of rotatable bonds is 4. The number of nitrogens with zero attached hydrogens (tertiary/aromatic N) is 4. The third kappa shape index (κ3) is 3.69. The minimum Gasteiger partial charge on any atom is -0.354 e. The van der Waals surface area contributed by atoms with Crippen LogP contribution in [0.2, 0.25) is 0 Å². The zero-order chi connectivity index (χ0) is 21.4. The van der Waals surface area contributed by atoms with Crippen molar-refractivity contribution < 1.29 is 18.1 Å². The van der Waals surface area contributed by atoms with Crippen LogP contribution in [0.5, 0.6) is 0 Å². The predicted octanol–water partition coefficient (Wildman–Crippen LogP) is 3.40. The SMILES string of the molecule is N[C@H]1CN(c2cc(-c3cccc([N+](=O)[O-])c3)ncn2)C[C@@H]1c1cc(F)c(F)cc1F. The highest BCUT2D eigenvalue weighted by Gasteiger charge is 2.34. The molecular formula is C20H16F3N5O2. The van der Waals surface area contributed by atoms with Gasteiger partial charge in [0.15, 0.2) is 11.6 Å². The summed E-state index contributed by atoms with van der Waals surface area (Å²) in [6, 6.07) is 8.51. The van der Waals surface area contributed by atoms with Crippen LogP contribution in [0, 0.1) is 27.6 Å². The zero-order valence-electron chi connectivity index (χ0n) is 15.5. The molecular weight excluding hydrogens is 399 g/mol. The highest BCUT2D eigenvalue weighted by Crippen LogP contribution is 2.33. The Morgan fingerprint density at radius 1 is 1.03 bits per heavy atom. The Hall–Kier alpha value is -3.53. The lowest BCUT2D eigenvalue weighted by Crippen LogP contribution is -2.29. The summed E-state index contributed by atoms with van der Waals surface area (Å²) in [5.74, 6) is -3.30. The highest BCUT2D eigenvalue weighted by atomic mass is 19.2. The van der Waals surface area contributed by atoms with Crippen molar-refractivity contribution in [3.8, 4) is 11.3 Å². The number of non-ortho nitro benzene ring substituents is 1. The van der Waals surface area contributed by atoms with E-state index in [9.17, 15) is 23.3 Å². The summed E-state index contributed by atoms with van der Waals surface area (Å²) in [6.45, 7) is 0.559. The molecule has 2 heterocycles. The number of anilines is 1. The van der Waals surface area contributed by atoms with Gasteiger partial charge in [-0.2, -0.15) is 0 Å². The lowest BCUT2D eigenvalue weighted by Gasteiger charge is -2.18. The number of hydrogen-bond donors (Lipinski definition) is 1. The van der Waals surface area contributed by atoms with Crippen molar-refractivity contribution in [2.24, 2.45) is 5.73 Å². The Balaban J connectivity index is 1.62. The van der Waals surface area contributed by atoms with E-state index < -0.39 is 34.3 Å². The van der Waals surface area contributed by atoms with E-state index in [0.717, 1.165) is 6.07 Å². The van der Waals surface area contributed by atoms with Gasteiger partial charge in [0.25, 0.3) is 5.69 Å². The van der Waals surface area contributed by atoms with Crippen molar-refractivity contribution >= 4 is 11.5 Å². The lowest BCUT2D eigenvalue weighted by atomic mass is 9.94. The van der Waals surface area contributed by atoms with Crippen LogP contribution in [0.15, 0.2) is 48.8 Å². The minimum atomic E-state index is -1.25. The molecule has 1 aliphatic heterocycles. The van der Waals surface area contributed by atoms with Gasteiger partial charge in [0.1, 0.15) is 18.0 Å². The Labute approximate surface area is 169 Å². The molecule has 0 radical (unpaired) electrons. The van der Waals surface area contributed by atoms with Gasteiger partial charge < -0.3 is 10.6 Å². The maximum atomic E-state index is 14.2. The molecule has 2 aromatic carbocycles. The molecule has 1 aliphatic rings. The smallest absolute Gasteiger partial charge is 0.270 e. The van der Waals surface area contributed by atoms with Crippen molar-refractivity contribution in [3.63, 3.8) is 0 Å². The summed E-state index contributed by atoms with van der Waals surface area (Å²) < 4.78 is 41.1. The first-order valence-electron chi connectivity index (χ1n) is 9.05. The van der Waals surface area contributed by atoms with Crippen molar-refractivity contribution in [1.29, 1.82) is 0 Å². The summed E-state index contributed by atoms with van der Waals surface area (Å²) in [4.78, 5) is 20.7. The molecule has 0 saturated carbocycles. The van der Waals surface area contributed by atoms with E-state index >= 15 is 0 Å². The number of nitrogens with two attached hydrogens (primary N) is 1. The molecule has 0 amide bonds. The van der Waals surface area contributed by atoms with Crippen LogP contribution in [-0.2, 0) is 0 Å². The van der Waals surface area contributed by atoms with Gasteiger partial charge in [-0.3, -0.25) is 10.1 Å². The van der Waals surface area contributed by atoms with Crippen LogP contribution in [0.3, 0.4) is 0 Å². The highest BCUT2D eigenvalue weighted by molar-refractivity contribution is 5.65. The van der Waals surface area contributed by atoms with Crippen LogP contribution in [0.4, 0.5) is 24.7 Å². The summed E-state index contributed by atoms with van der Waals surface area (Å²) in [7, 11) is 0.